The van der Waals surface area contributed by atoms with E-state index in [1.54, 1.807) is 0 Å². The average molecular weight is 439 g/mol. The van der Waals surface area contributed by atoms with E-state index >= 15 is 0 Å². The Hall–Kier alpha value is -2.62. The summed E-state index contributed by atoms with van der Waals surface area (Å²) in [4.78, 5) is 11.4. The van der Waals surface area contributed by atoms with Crippen LogP contribution in [0.1, 0.15) is 37.2 Å². The second-order valence-electron chi connectivity index (χ2n) is 7.80. The van der Waals surface area contributed by atoms with Crippen LogP contribution in [0.4, 0.5) is 29.2 Å². The van der Waals surface area contributed by atoms with Gasteiger partial charge in [0.05, 0.1) is 17.9 Å². The topological polar surface area (TPSA) is 62.3 Å². The van der Waals surface area contributed by atoms with Crippen molar-refractivity contribution in [3.05, 3.63) is 41.2 Å². The van der Waals surface area contributed by atoms with E-state index in [-0.39, 0.29) is 17.9 Å². The van der Waals surface area contributed by atoms with E-state index < -0.39 is 24.6 Å². The van der Waals surface area contributed by atoms with Crippen molar-refractivity contribution in [3.63, 3.8) is 0 Å². The molecule has 1 aromatic heterocycles. The van der Waals surface area contributed by atoms with Crippen LogP contribution < -0.4 is 20.3 Å². The summed E-state index contributed by atoms with van der Waals surface area (Å²) >= 11 is 0. The predicted octanol–water partition coefficient (Wildman–Crippen LogP) is 3.69. The third kappa shape index (κ3) is 5.00. The Kier molecular flexibility index (Phi) is 6.45. The monoisotopic (exact) mass is 439 g/mol. The summed E-state index contributed by atoms with van der Waals surface area (Å²) in [7, 11) is 0. The fourth-order valence-electron chi connectivity index (χ4n) is 3.96. The smallest absolute Gasteiger partial charge is 0.255 e. The van der Waals surface area contributed by atoms with Gasteiger partial charge in [0.25, 0.3) is 6.43 Å². The van der Waals surface area contributed by atoms with E-state index in [2.05, 4.69) is 15.6 Å². The van der Waals surface area contributed by atoms with Crippen molar-refractivity contribution >= 4 is 11.6 Å². The van der Waals surface area contributed by atoms with Crippen LogP contribution in [0.3, 0.4) is 0 Å². The highest BCUT2D eigenvalue weighted by atomic mass is 19.3. The second kappa shape index (κ2) is 9.25. The number of benzene rings is 1. The zero-order valence-electron chi connectivity index (χ0n) is 17.2. The predicted molar refractivity (Wildman–Crippen MR) is 109 cm³/mol. The van der Waals surface area contributed by atoms with Crippen LogP contribution in [-0.2, 0) is 6.42 Å². The number of fused-ring (bicyclic) bond motifs is 1. The molecule has 10 heteroatoms. The molecule has 2 aromatic rings. The van der Waals surface area contributed by atoms with Gasteiger partial charge in [0.1, 0.15) is 11.9 Å². The molecule has 0 amide bonds. The maximum absolute atomic E-state index is 13.9. The van der Waals surface area contributed by atoms with Gasteiger partial charge in [0.2, 0.25) is 0 Å². The van der Waals surface area contributed by atoms with Gasteiger partial charge in [0.15, 0.2) is 23.2 Å². The number of piperidine rings is 1. The number of nitrogens with zero attached hydrogens (tertiary/aromatic N) is 3. The fraction of sp³-hybridized carbons (Fsp3) is 0.524. The third-order valence-electron chi connectivity index (χ3n) is 5.56. The highest BCUT2D eigenvalue weighted by molar-refractivity contribution is 5.62. The highest BCUT2D eigenvalue weighted by Gasteiger charge is 2.28. The number of hydrogen-bond acceptors (Lipinski definition) is 6. The summed E-state index contributed by atoms with van der Waals surface area (Å²) < 4.78 is 58.3. The van der Waals surface area contributed by atoms with Crippen LogP contribution in [0.25, 0.3) is 0 Å². The first-order chi connectivity index (χ1) is 14.9. The number of hydrogen-bond donors (Lipinski definition) is 2. The van der Waals surface area contributed by atoms with Crippen LogP contribution in [0.15, 0.2) is 18.2 Å². The Morgan fingerprint density at radius 3 is 2.71 bits per heavy atom. The largest absolute Gasteiger partial charge is 0.487 e. The Bertz CT molecular complexity index is 921. The summed E-state index contributed by atoms with van der Waals surface area (Å²) in [6, 6.07) is 3.27. The van der Waals surface area contributed by atoms with Crippen molar-refractivity contribution in [2.45, 2.75) is 44.8 Å². The molecular weight excluding hydrogens is 414 g/mol. The number of ether oxygens (including phenoxy) is 1. The van der Waals surface area contributed by atoms with Gasteiger partial charge in [-0.1, -0.05) is 0 Å². The summed E-state index contributed by atoms with van der Waals surface area (Å²) in [6.45, 7) is 3.36. The minimum Gasteiger partial charge on any atom is -0.487 e. The molecule has 1 saturated heterocycles. The summed E-state index contributed by atoms with van der Waals surface area (Å²) in [6.07, 6.45) is -0.888. The molecule has 168 valence electrons. The maximum Gasteiger partial charge on any atom is 0.255 e. The Balaban J connectivity index is 1.49. The van der Waals surface area contributed by atoms with Crippen molar-refractivity contribution in [1.82, 2.24) is 15.3 Å². The van der Waals surface area contributed by atoms with Crippen LogP contribution in [0, 0.1) is 11.6 Å². The van der Waals surface area contributed by atoms with E-state index in [1.807, 2.05) is 11.8 Å². The molecule has 0 bridgehead atoms. The standard InChI is InChI=1S/C21H25F4N5O/c1-12-19-16(4-7-26-12)28-20(27-11-18(24)25)21(29-19)30-8-5-14(6-9-30)31-17-3-2-13(22)10-15(17)23/h2-3,10,12,14,18,26H,4-9,11H2,1H3,(H,27,28). The normalized spacial score (nSPS) is 19.4. The van der Waals surface area contributed by atoms with E-state index in [0.717, 1.165) is 30.1 Å². The maximum atomic E-state index is 13.9. The Labute approximate surface area is 178 Å². The third-order valence-corrected chi connectivity index (χ3v) is 5.56. The SMILES string of the molecule is CC1NCCc2nc(NCC(F)F)c(N3CCC(Oc4ccc(F)cc4F)CC3)nc21. The number of nitrogens with one attached hydrogen (secondary N) is 2. The van der Waals surface area contributed by atoms with Gasteiger partial charge in [-0.2, -0.15) is 0 Å². The van der Waals surface area contributed by atoms with Crippen LogP contribution in [0.5, 0.6) is 5.75 Å². The second-order valence-corrected chi connectivity index (χ2v) is 7.80. The molecule has 4 rings (SSSR count). The first-order valence-corrected chi connectivity index (χ1v) is 10.4. The molecule has 2 aliphatic heterocycles. The fourth-order valence-corrected chi connectivity index (χ4v) is 3.96. The van der Waals surface area contributed by atoms with Crippen molar-refractivity contribution in [3.8, 4) is 5.75 Å². The number of alkyl halides is 2. The summed E-state index contributed by atoms with van der Waals surface area (Å²) in [5.74, 6) is -0.466. The van der Waals surface area contributed by atoms with Gasteiger partial charge in [0, 0.05) is 51.0 Å². The van der Waals surface area contributed by atoms with E-state index in [0.29, 0.717) is 44.0 Å². The zero-order chi connectivity index (χ0) is 22.0. The first-order valence-electron chi connectivity index (χ1n) is 10.4. The first kappa shape index (κ1) is 21.6. The Morgan fingerprint density at radius 1 is 1.23 bits per heavy atom. The van der Waals surface area contributed by atoms with E-state index in [4.69, 9.17) is 9.72 Å². The molecule has 6 nitrogen and oxygen atoms in total. The van der Waals surface area contributed by atoms with E-state index in [9.17, 15) is 17.6 Å². The lowest BCUT2D eigenvalue weighted by Gasteiger charge is -2.35. The number of rotatable bonds is 6. The molecule has 1 atom stereocenters. The lowest BCUT2D eigenvalue weighted by molar-refractivity contribution is 0.162. The molecule has 0 radical (unpaired) electrons. The van der Waals surface area contributed by atoms with Crippen LogP contribution >= 0.6 is 0 Å². The minimum absolute atomic E-state index is 0.0209. The van der Waals surface area contributed by atoms with Crippen molar-refractivity contribution in [2.75, 3.05) is 36.4 Å². The van der Waals surface area contributed by atoms with Gasteiger partial charge in [-0.25, -0.2) is 27.5 Å². The highest BCUT2D eigenvalue weighted by Crippen LogP contribution is 2.31. The summed E-state index contributed by atoms with van der Waals surface area (Å²) in [5.41, 5.74) is 1.65. The van der Waals surface area contributed by atoms with Gasteiger partial charge in [-0.15, -0.1) is 0 Å². The number of aromatic nitrogens is 2. The molecule has 0 saturated carbocycles. The van der Waals surface area contributed by atoms with Gasteiger partial charge >= 0.3 is 0 Å². The quantitative estimate of drug-likeness (QED) is 0.670. The van der Waals surface area contributed by atoms with Crippen molar-refractivity contribution in [1.29, 1.82) is 0 Å². The van der Waals surface area contributed by atoms with Gasteiger partial charge in [-0.05, 0) is 19.1 Å². The molecule has 31 heavy (non-hydrogen) atoms. The molecular formula is C21H25F4N5O. The molecule has 0 spiro atoms. The molecule has 3 heterocycles. The summed E-state index contributed by atoms with van der Waals surface area (Å²) in [5, 5.41) is 6.07. The Morgan fingerprint density at radius 2 is 2.00 bits per heavy atom. The molecule has 1 fully saturated rings. The van der Waals surface area contributed by atoms with E-state index in [1.165, 1.54) is 6.07 Å². The van der Waals surface area contributed by atoms with Crippen LogP contribution in [-0.4, -0.2) is 48.7 Å². The van der Waals surface area contributed by atoms with Gasteiger partial charge in [-0.3, -0.25) is 0 Å². The molecule has 2 aliphatic rings. The lowest BCUT2D eigenvalue weighted by Crippen LogP contribution is -2.40. The molecule has 1 aromatic carbocycles. The molecule has 2 N–H and O–H groups in total. The van der Waals surface area contributed by atoms with Crippen LogP contribution in [0.2, 0.25) is 0 Å². The lowest BCUT2D eigenvalue weighted by atomic mass is 10.1. The van der Waals surface area contributed by atoms with Crippen molar-refractivity contribution < 1.29 is 22.3 Å². The average Bonchev–Trinajstić information content (AvgIpc) is 2.74. The molecule has 1 unspecified atom stereocenters. The minimum atomic E-state index is -2.50. The number of anilines is 2. The van der Waals surface area contributed by atoms with Crippen molar-refractivity contribution in [2.24, 2.45) is 0 Å². The van der Waals surface area contributed by atoms with Gasteiger partial charge < -0.3 is 20.3 Å². The number of halogens is 4. The zero-order valence-corrected chi connectivity index (χ0v) is 17.2. The molecule has 0 aliphatic carbocycles.